The summed E-state index contributed by atoms with van der Waals surface area (Å²) < 4.78 is 50.0. The molecule has 0 aliphatic carbocycles. The van der Waals surface area contributed by atoms with E-state index < -0.39 is 23.7 Å². The second-order valence-electron chi connectivity index (χ2n) is 3.35. The van der Waals surface area contributed by atoms with Gasteiger partial charge < -0.3 is 5.11 Å². The summed E-state index contributed by atoms with van der Waals surface area (Å²) in [5.74, 6) is -0.737. The molecule has 0 radical (unpaired) electrons. The highest BCUT2D eigenvalue weighted by atomic mass is 19.4. The standard InChI is InChI=1S/C10H10F4O/c1-6(15)4-7-5-8(11)2-3-9(7)10(12,13)14/h2-3,5-6,15H,4H2,1H3. The van der Waals surface area contributed by atoms with Crippen molar-refractivity contribution in [2.24, 2.45) is 0 Å². The third kappa shape index (κ3) is 3.20. The number of aliphatic hydroxyl groups is 1. The predicted molar refractivity (Wildman–Crippen MR) is 46.8 cm³/mol. The Labute approximate surface area is 84.3 Å². The molecule has 0 spiro atoms. The number of hydrogen-bond acceptors (Lipinski definition) is 1. The lowest BCUT2D eigenvalue weighted by Crippen LogP contribution is -2.13. The zero-order valence-electron chi connectivity index (χ0n) is 7.98. The fourth-order valence-corrected chi connectivity index (χ4v) is 1.33. The lowest BCUT2D eigenvalue weighted by atomic mass is 10.0. The van der Waals surface area contributed by atoms with Crippen LogP contribution in [-0.4, -0.2) is 11.2 Å². The lowest BCUT2D eigenvalue weighted by Gasteiger charge is -2.13. The summed E-state index contributed by atoms with van der Waals surface area (Å²) in [6.45, 7) is 1.35. The van der Waals surface area contributed by atoms with Crippen LogP contribution in [0.1, 0.15) is 18.1 Å². The third-order valence-electron chi connectivity index (χ3n) is 1.89. The highest BCUT2D eigenvalue weighted by Gasteiger charge is 2.33. The molecule has 84 valence electrons. The summed E-state index contributed by atoms with van der Waals surface area (Å²) in [7, 11) is 0. The van der Waals surface area contributed by atoms with E-state index in [1.54, 1.807) is 0 Å². The first-order valence-electron chi connectivity index (χ1n) is 4.34. The second-order valence-corrected chi connectivity index (χ2v) is 3.35. The van der Waals surface area contributed by atoms with Crippen molar-refractivity contribution in [3.63, 3.8) is 0 Å². The van der Waals surface area contributed by atoms with Gasteiger partial charge in [-0.2, -0.15) is 13.2 Å². The smallest absolute Gasteiger partial charge is 0.393 e. The minimum atomic E-state index is -4.52. The quantitative estimate of drug-likeness (QED) is 0.763. The number of benzene rings is 1. The molecule has 0 aliphatic rings. The zero-order chi connectivity index (χ0) is 11.6. The van der Waals surface area contributed by atoms with Gasteiger partial charge in [-0.15, -0.1) is 0 Å². The van der Waals surface area contributed by atoms with Crippen molar-refractivity contribution in [3.05, 3.63) is 35.1 Å². The molecule has 1 N–H and O–H groups in total. The molecular formula is C10H10F4O. The largest absolute Gasteiger partial charge is 0.416 e. The van der Waals surface area contributed by atoms with Gasteiger partial charge in [0.25, 0.3) is 0 Å². The van der Waals surface area contributed by atoms with Crippen molar-refractivity contribution in [3.8, 4) is 0 Å². The first-order chi connectivity index (χ1) is 6.80. The number of rotatable bonds is 2. The Morgan fingerprint density at radius 1 is 1.33 bits per heavy atom. The molecule has 15 heavy (non-hydrogen) atoms. The summed E-state index contributed by atoms with van der Waals surface area (Å²) in [5, 5.41) is 9.00. The van der Waals surface area contributed by atoms with Crippen LogP contribution >= 0.6 is 0 Å². The number of aliphatic hydroxyl groups excluding tert-OH is 1. The van der Waals surface area contributed by atoms with Crippen molar-refractivity contribution >= 4 is 0 Å². The zero-order valence-corrected chi connectivity index (χ0v) is 7.98. The van der Waals surface area contributed by atoms with Gasteiger partial charge in [-0.3, -0.25) is 0 Å². The van der Waals surface area contributed by atoms with Crippen LogP contribution in [0.25, 0.3) is 0 Å². The summed E-state index contributed by atoms with van der Waals surface area (Å²) in [4.78, 5) is 0. The molecule has 1 nitrogen and oxygen atoms in total. The molecule has 0 aliphatic heterocycles. The molecule has 1 atom stereocenters. The molecule has 0 saturated heterocycles. The fourth-order valence-electron chi connectivity index (χ4n) is 1.33. The van der Waals surface area contributed by atoms with Gasteiger partial charge in [-0.25, -0.2) is 4.39 Å². The van der Waals surface area contributed by atoms with E-state index in [2.05, 4.69) is 0 Å². The Balaban J connectivity index is 3.15. The summed E-state index contributed by atoms with van der Waals surface area (Å²) in [5.41, 5.74) is -1.12. The molecule has 0 heterocycles. The maximum absolute atomic E-state index is 12.7. The normalized spacial score (nSPS) is 14.0. The first-order valence-corrected chi connectivity index (χ1v) is 4.34. The molecule has 0 amide bonds. The second kappa shape index (κ2) is 4.18. The number of alkyl halides is 3. The molecule has 1 aromatic rings. The Bertz CT molecular complexity index is 344. The van der Waals surface area contributed by atoms with E-state index in [1.165, 1.54) is 6.92 Å². The molecule has 5 heteroatoms. The van der Waals surface area contributed by atoms with Crippen LogP contribution in [0.2, 0.25) is 0 Å². The van der Waals surface area contributed by atoms with E-state index in [0.29, 0.717) is 6.07 Å². The molecule has 1 unspecified atom stereocenters. The van der Waals surface area contributed by atoms with Gasteiger partial charge in [0, 0.05) is 0 Å². The van der Waals surface area contributed by atoms with Crippen LogP contribution in [0.5, 0.6) is 0 Å². The van der Waals surface area contributed by atoms with Gasteiger partial charge in [0.15, 0.2) is 0 Å². The van der Waals surface area contributed by atoms with Crippen molar-refractivity contribution in [1.82, 2.24) is 0 Å². The van der Waals surface area contributed by atoms with Crippen molar-refractivity contribution in [2.45, 2.75) is 25.6 Å². The van der Waals surface area contributed by atoms with Gasteiger partial charge in [-0.05, 0) is 37.1 Å². The van der Waals surface area contributed by atoms with Crippen LogP contribution < -0.4 is 0 Å². The molecule has 1 aromatic carbocycles. The van der Waals surface area contributed by atoms with E-state index in [0.717, 1.165) is 12.1 Å². The van der Waals surface area contributed by atoms with E-state index in [-0.39, 0.29) is 12.0 Å². The van der Waals surface area contributed by atoms with Crippen LogP contribution in [-0.2, 0) is 12.6 Å². The molecule has 0 bridgehead atoms. The lowest BCUT2D eigenvalue weighted by molar-refractivity contribution is -0.138. The number of hydrogen-bond donors (Lipinski definition) is 1. The summed E-state index contributed by atoms with van der Waals surface area (Å²) in [6.07, 6.45) is -5.67. The SMILES string of the molecule is CC(O)Cc1cc(F)ccc1C(F)(F)F. The minimum absolute atomic E-state index is 0.216. The highest BCUT2D eigenvalue weighted by molar-refractivity contribution is 5.30. The molecule has 1 rings (SSSR count). The summed E-state index contributed by atoms with van der Waals surface area (Å²) in [6, 6.07) is 2.25. The highest BCUT2D eigenvalue weighted by Crippen LogP contribution is 2.32. The van der Waals surface area contributed by atoms with E-state index in [9.17, 15) is 17.6 Å². The third-order valence-corrected chi connectivity index (χ3v) is 1.89. The summed E-state index contributed by atoms with van der Waals surface area (Å²) >= 11 is 0. The first kappa shape index (κ1) is 12.0. The van der Waals surface area contributed by atoms with Gasteiger partial charge in [0.2, 0.25) is 0 Å². The van der Waals surface area contributed by atoms with Crippen molar-refractivity contribution < 1.29 is 22.7 Å². The van der Waals surface area contributed by atoms with Crippen molar-refractivity contribution in [1.29, 1.82) is 0 Å². The molecule has 0 saturated carbocycles. The Morgan fingerprint density at radius 3 is 2.40 bits per heavy atom. The van der Waals surface area contributed by atoms with E-state index >= 15 is 0 Å². The topological polar surface area (TPSA) is 20.2 Å². The predicted octanol–water partition coefficient (Wildman–Crippen LogP) is 2.77. The van der Waals surface area contributed by atoms with Crippen LogP contribution in [0.3, 0.4) is 0 Å². The number of halogens is 4. The Kier molecular flexibility index (Phi) is 3.34. The molecule has 0 fully saturated rings. The molecular weight excluding hydrogens is 212 g/mol. The Hall–Kier alpha value is -1.10. The average molecular weight is 222 g/mol. The fraction of sp³-hybridized carbons (Fsp3) is 0.400. The van der Waals surface area contributed by atoms with Crippen LogP contribution in [0.4, 0.5) is 17.6 Å². The average Bonchev–Trinajstić information content (AvgIpc) is 1.99. The minimum Gasteiger partial charge on any atom is -0.393 e. The monoisotopic (exact) mass is 222 g/mol. The maximum atomic E-state index is 12.7. The van der Waals surface area contributed by atoms with Gasteiger partial charge in [0.1, 0.15) is 5.82 Å². The van der Waals surface area contributed by atoms with Crippen molar-refractivity contribution in [2.75, 3.05) is 0 Å². The maximum Gasteiger partial charge on any atom is 0.416 e. The van der Waals surface area contributed by atoms with Gasteiger partial charge in [-0.1, -0.05) is 0 Å². The van der Waals surface area contributed by atoms with Crippen LogP contribution in [0, 0.1) is 5.82 Å². The van der Waals surface area contributed by atoms with E-state index in [1.807, 2.05) is 0 Å². The molecule has 0 aromatic heterocycles. The van der Waals surface area contributed by atoms with Gasteiger partial charge >= 0.3 is 6.18 Å². The Morgan fingerprint density at radius 2 is 1.93 bits per heavy atom. The van der Waals surface area contributed by atoms with Gasteiger partial charge in [0.05, 0.1) is 11.7 Å². The van der Waals surface area contributed by atoms with E-state index in [4.69, 9.17) is 5.11 Å². The van der Waals surface area contributed by atoms with Crippen LogP contribution in [0.15, 0.2) is 18.2 Å².